The number of nitrogens with one attached hydrogen (secondary N) is 2. The number of anilines is 1. The molecular formula is C30H30FN5O5S2. The molecule has 224 valence electrons. The highest BCUT2D eigenvalue weighted by Gasteiger charge is 2.30. The molecule has 0 unspecified atom stereocenters. The molecule has 2 heterocycles. The summed E-state index contributed by atoms with van der Waals surface area (Å²) < 4.78 is 26.0. The van der Waals surface area contributed by atoms with Crippen molar-refractivity contribution < 1.29 is 28.2 Å². The van der Waals surface area contributed by atoms with Crippen LogP contribution in [0.15, 0.2) is 53.7 Å². The first kappa shape index (κ1) is 30.2. The van der Waals surface area contributed by atoms with Crippen molar-refractivity contribution in [1.82, 2.24) is 20.1 Å². The van der Waals surface area contributed by atoms with E-state index >= 15 is 0 Å². The number of thioether (sulfide) groups is 1. The SMILES string of the molecule is CCOC(=O)c1c(NC(=O)[C@H](C)Sc2nnc(CNC(=O)c3ccccc3OC)n2-c2ccc(F)cc2)sc2c1CCC2. The number of halogens is 1. The maximum Gasteiger partial charge on any atom is 0.341 e. The Labute approximate surface area is 256 Å². The van der Waals surface area contributed by atoms with Gasteiger partial charge in [-0.2, -0.15) is 0 Å². The lowest BCUT2D eigenvalue weighted by atomic mass is 10.1. The lowest BCUT2D eigenvalue weighted by Gasteiger charge is -2.15. The lowest BCUT2D eigenvalue weighted by molar-refractivity contribution is -0.115. The third kappa shape index (κ3) is 6.57. The van der Waals surface area contributed by atoms with Crippen molar-refractivity contribution in [2.75, 3.05) is 19.0 Å². The molecule has 0 aliphatic heterocycles. The summed E-state index contributed by atoms with van der Waals surface area (Å²) in [4.78, 5) is 40.1. The number of esters is 1. The van der Waals surface area contributed by atoms with Crippen LogP contribution in [0.2, 0.25) is 0 Å². The Hall–Kier alpha value is -4.23. The molecule has 43 heavy (non-hydrogen) atoms. The highest BCUT2D eigenvalue weighted by atomic mass is 32.2. The Morgan fingerprint density at radius 1 is 1.12 bits per heavy atom. The first-order valence-corrected chi connectivity index (χ1v) is 15.4. The average Bonchev–Trinajstić information content (AvgIpc) is 3.71. The van der Waals surface area contributed by atoms with E-state index in [9.17, 15) is 18.8 Å². The largest absolute Gasteiger partial charge is 0.496 e. The first-order chi connectivity index (χ1) is 20.8. The number of thiophene rings is 1. The zero-order valence-corrected chi connectivity index (χ0v) is 25.4. The van der Waals surface area contributed by atoms with E-state index in [1.807, 2.05) is 0 Å². The summed E-state index contributed by atoms with van der Waals surface area (Å²) >= 11 is 2.56. The third-order valence-electron chi connectivity index (χ3n) is 6.83. The Morgan fingerprint density at radius 2 is 1.88 bits per heavy atom. The molecule has 2 aromatic carbocycles. The van der Waals surface area contributed by atoms with Gasteiger partial charge in [-0.15, -0.1) is 21.5 Å². The van der Waals surface area contributed by atoms with Crippen LogP contribution in [-0.4, -0.2) is 51.5 Å². The summed E-state index contributed by atoms with van der Waals surface area (Å²) in [6.07, 6.45) is 2.61. The van der Waals surface area contributed by atoms with Gasteiger partial charge in [-0.3, -0.25) is 14.2 Å². The number of aryl methyl sites for hydroxylation is 1. The minimum absolute atomic E-state index is 0.00600. The number of methoxy groups -OCH3 is 1. The van der Waals surface area contributed by atoms with E-state index in [1.54, 1.807) is 54.8 Å². The van der Waals surface area contributed by atoms with Crippen LogP contribution >= 0.6 is 23.1 Å². The van der Waals surface area contributed by atoms with E-state index in [1.165, 1.54) is 30.6 Å². The van der Waals surface area contributed by atoms with Gasteiger partial charge >= 0.3 is 5.97 Å². The predicted octanol–water partition coefficient (Wildman–Crippen LogP) is 5.19. The molecular weight excluding hydrogens is 593 g/mol. The topological polar surface area (TPSA) is 124 Å². The van der Waals surface area contributed by atoms with Crippen LogP contribution in [0, 0.1) is 5.82 Å². The van der Waals surface area contributed by atoms with Gasteiger partial charge in [-0.25, -0.2) is 9.18 Å². The van der Waals surface area contributed by atoms with Gasteiger partial charge < -0.3 is 20.1 Å². The van der Waals surface area contributed by atoms with Crippen LogP contribution in [0.1, 0.15) is 57.2 Å². The summed E-state index contributed by atoms with van der Waals surface area (Å²) in [6, 6.07) is 12.6. The molecule has 0 saturated heterocycles. The zero-order valence-electron chi connectivity index (χ0n) is 23.8. The third-order valence-corrected chi connectivity index (χ3v) is 9.08. The molecule has 0 bridgehead atoms. The van der Waals surface area contributed by atoms with E-state index in [0.29, 0.717) is 38.5 Å². The summed E-state index contributed by atoms with van der Waals surface area (Å²) in [5, 5.41) is 14.5. The van der Waals surface area contributed by atoms with Crippen LogP contribution < -0.4 is 15.4 Å². The number of rotatable bonds is 11. The van der Waals surface area contributed by atoms with Crippen LogP contribution in [0.3, 0.4) is 0 Å². The van der Waals surface area contributed by atoms with E-state index in [2.05, 4.69) is 20.8 Å². The molecule has 4 aromatic rings. The maximum absolute atomic E-state index is 13.8. The second kappa shape index (κ2) is 13.4. The minimum Gasteiger partial charge on any atom is -0.496 e. The number of hydrogen-bond donors (Lipinski definition) is 2. The van der Waals surface area contributed by atoms with E-state index < -0.39 is 17.0 Å². The highest BCUT2D eigenvalue weighted by molar-refractivity contribution is 8.00. The number of benzene rings is 2. The standard InChI is InChI=1S/C30H30FN5O5S2/c1-4-41-29(39)25-21-9-7-11-23(21)43-28(25)33-26(37)17(2)42-30-35-34-24(36(30)19-14-12-18(31)13-15-19)16-32-27(38)20-8-5-6-10-22(20)40-3/h5-6,8,10,12-15,17H,4,7,9,11,16H2,1-3H3,(H,32,38)(H,33,37)/t17-/m0/s1. The molecule has 13 heteroatoms. The number of hydrogen-bond acceptors (Lipinski definition) is 9. The van der Waals surface area contributed by atoms with Crippen molar-refractivity contribution in [3.63, 3.8) is 0 Å². The van der Waals surface area contributed by atoms with Gasteiger partial charge in [0.15, 0.2) is 11.0 Å². The van der Waals surface area contributed by atoms with E-state index in [0.717, 1.165) is 41.5 Å². The number of amides is 2. The normalized spacial score (nSPS) is 12.8. The van der Waals surface area contributed by atoms with Gasteiger partial charge in [0.25, 0.3) is 5.91 Å². The van der Waals surface area contributed by atoms with Crippen LogP contribution in [-0.2, 0) is 28.9 Å². The number of nitrogens with zero attached hydrogens (tertiary/aromatic N) is 3. The van der Waals surface area contributed by atoms with E-state index in [-0.39, 0.29) is 25.0 Å². The summed E-state index contributed by atoms with van der Waals surface area (Å²) in [7, 11) is 1.49. The van der Waals surface area contributed by atoms with E-state index in [4.69, 9.17) is 9.47 Å². The first-order valence-electron chi connectivity index (χ1n) is 13.7. The highest BCUT2D eigenvalue weighted by Crippen LogP contribution is 2.40. The van der Waals surface area contributed by atoms with Gasteiger partial charge in [0.05, 0.1) is 36.6 Å². The molecule has 1 aliphatic carbocycles. The van der Waals surface area contributed by atoms with Crippen molar-refractivity contribution in [2.45, 2.75) is 50.1 Å². The molecule has 1 atom stereocenters. The number of ether oxygens (including phenoxy) is 2. The van der Waals surface area contributed by atoms with Crippen LogP contribution in [0.4, 0.5) is 9.39 Å². The predicted molar refractivity (Wildman–Crippen MR) is 162 cm³/mol. The fraction of sp³-hybridized carbons (Fsp3) is 0.300. The van der Waals surface area contributed by atoms with Crippen LogP contribution in [0.5, 0.6) is 5.75 Å². The van der Waals surface area contributed by atoms with Crippen molar-refractivity contribution in [2.24, 2.45) is 0 Å². The Bertz CT molecular complexity index is 1650. The second-order valence-corrected chi connectivity index (χ2v) is 12.0. The zero-order chi connectivity index (χ0) is 30.5. The maximum atomic E-state index is 13.8. The average molecular weight is 624 g/mol. The molecule has 0 fully saturated rings. The molecule has 10 nitrogen and oxygen atoms in total. The number of para-hydroxylation sites is 1. The van der Waals surface area contributed by atoms with Crippen molar-refractivity contribution >= 4 is 45.9 Å². The Balaban J connectivity index is 1.36. The minimum atomic E-state index is -0.647. The fourth-order valence-corrected chi connectivity index (χ4v) is 6.93. The molecule has 0 spiro atoms. The summed E-state index contributed by atoms with van der Waals surface area (Å²) in [5.41, 5.74) is 2.31. The lowest BCUT2D eigenvalue weighted by Crippen LogP contribution is -2.25. The fourth-order valence-electron chi connectivity index (χ4n) is 4.76. The molecule has 5 rings (SSSR count). The Kier molecular flexibility index (Phi) is 9.41. The van der Waals surface area contributed by atoms with Gasteiger partial charge in [-0.1, -0.05) is 23.9 Å². The molecule has 1 aliphatic rings. The molecule has 2 N–H and O–H groups in total. The monoisotopic (exact) mass is 623 g/mol. The number of aromatic nitrogens is 3. The quantitative estimate of drug-likeness (QED) is 0.173. The van der Waals surface area contributed by atoms with Gasteiger partial charge in [0, 0.05) is 10.6 Å². The smallest absolute Gasteiger partial charge is 0.341 e. The van der Waals surface area contributed by atoms with Crippen molar-refractivity contribution in [3.8, 4) is 11.4 Å². The molecule has 0 radical (unpaired) electrons. The van der Waals surface area contributed by atoms with Gasteiger partial charge in [0.2, 0.25) is 5.91 Å². The molecule has 0 saturated carbocycles. The number of fused-ring (bicyclic) bond motifs is 1. The number of carbonyl (C=O) groups excluding carboxylic acids is 3. The molecule has 2 amide bonds. The number of carbonyl (C=O) groups is 3. The Morgan fingerprint density at radius 3 is 2.63 bits per heavy atom. The second-order valence-electron chi connectivity index (χ2n) is 9.62. The van der Waals surface area contributed by atoms with Crippen molar-refractivity contribution in [3.05, 3.63) is 81.7 Å². The van der Waals surface area contributed by atoms with Gasteiger partial charge in [0.1, 0.15) is 16.6 Å². The van der Waals surface area contributed by atoms with Crippen LogP contribution in [0.25, 0.3) is 5.69 Å². The van der Waals surface area contributed by atoms with Crippen molar-refractivity contribution in [1.29, 1.82) is 0 Å². The molecule has 2 aromatic heterocycles. The summed E-state index contributed by atoms with van der Waals surface area (Å²) in [6.45, 7) is 3.71. The van der Waals surface area contributed by atoms with Gasteiger partial charge in [-0.05, 0) is 75.1 Å². The summed E-state index contributed by atoms with van der Waals surface area (Å²) in [5.74, 6) is -0.732.